The number of esters is 1. The van der Waals surface area contributed by atoms with E-state index in [0.717, 1.165) is 0 Å². The summed E-state index contributed by atoms with van der Waals surface area (Å²) in [5.41, 5.74) is 1.49. The minimum Gasteiger partial charge on any atom is -0.459 e. The molecule has 1 aliphatic rings. The summed E-state index contributed by atoms with van der Waals surface area (Å²) < 4.78 is 36.1. The first-order valence-electron chi connectivity index (χ1n) is 9.01. The van der Waals surface area contributed by atoms with Crippen molar-refractivity contribution >= 4 is 44.2 Å². The molecule has 0 atom stereocenters. The van der Waals surface area contributed by atoms with Crippen molar-refractivity contribution in [2.75, 3.05) is 0 Å². The first kappa shape index (κ1) is 19.7. The van der Waals surface area contributed by atoms with Gasteiger partial charge in [-0.3, -0.25) is 4.79 Å². The molecule has 1 aliphatic heterocycles. The number of fused-ring (bicyclic) bond motifs is 2. The summed E-state index contributed by atoms with van der Waals surface area (Å²) in [6.45, 7) is 5.37. The molecule has 8 heteroatoms. The molecule has 0 unspecified atom stereocenters. The summed E-state index contributed by atoms with van der Waals surface area (Å²) in [4.78, 5) is 12.5. The molecule has 0 saturated heterocycles. The Morgan fingerprint density at radius 3 is 2.55 bits per heavy atom. The van der Waals surface area contributed by atoms with E-state index in [0.29, 0.717) is 32.8 Å². The monoisotopic (exact) mass is 430 g/mol. The highest BCUT2D eigenvalue weighted by molar-refractivity contribution is 7.90. The Labute approximate surface area is 173 Å². The van der Waals surface area contributed by atoms with E-state index in [2.05, 4.69) is 4.40 Å². The number of sulfonamides is 1. The summed E-state index contributed by atoms with van der Waals surface area (Å²) in [5.74, 6) is -0.401. The number of ether oxygens (including phenoxy) is 1. The highest BCUT2D eigenvalue weighted by atomic mass is 35.5. The molecule has 0 fully saturated rings. The van der Waals surface area contributed by atoms with Crippen LogP contribution in [0.1, 0.15) is 31.9 Å². The first-order chi connectivity index (χ1) is 13.6. The normalized spacial score (nSPS) is 15.2. The van der Waals surface area contributed by atoms with Crippen LogP contribution >= 0.6 is 11.6 Å². The highest BCUT2D eigenvalue weighted by Gasteiger charge is 2.31. The Bertz CT molecular complexity index is 1280. The molecule has 0 N–H and O–H groups in total. The Morgan fingerprint density at radius 2 is 1.83 bits per heavy atom. The number of halogens is 1. The second-order valence-electron chi connectivity index (χ2n) is 7.80. The molecule has 0 saturated carbocycles. The van der Waals surface area contributed by atoms with Crippen LogP contribution in [0.2, 0.25) is 5.02 Å². The largest absolute Gasteiger partial charge is 0.459 e. The van der Waals surface area contributed by atoms with Gasteiger partial charge in [0.25, 0.3) is 10.0 Å². The maximum absolute atomic E-state index is 12.5. The van der Waals surface area contributed by atoms with Gasteiger partial charge in [-0.2, -0.15) is 12.8 Å². The fourth-order valence-electron chi connectivity index (χ4n) is 3.43. The number of hydrogen-bond acceptors (Lipinski definition) is 4. The predicted molar refractivity (Wildman–Crippen MR) is 112 cm³/mol. The molecular weight excluding hydrogens is 412 g/mol. The van der Waals surface area contributed by atoms with E-state index >= 15 is 0 Å². The van der Waals surface area contributed by atoms with Gasteiger partial charge in [0.15, 0.2) is 0 Å². The summed E-state index contributed by atoms with van der Waals surface area (Å²) >= 11 is 6.46. The third kappa shape index (κ3) is 3.56. The molecule has 0 bridgehead atoms. The standard InChI is InChI=1S/C21H19ClN2O4S/c1-21(2,3)28-18(25)12-24-11-14(19-15(22)8-6-9-16(19)24)20-13-7-4-5-10-17(13)29(26,27)23-20/h4-11H,12H2,1-3H3. The van der Waals surface area contributed by atoms with E-state index in [1.54, 1.807) is 61.9 Å². The van der Waals surface area contributed by atoms with Crippen molar-refractivity contribution < 1.29 is 17.9 Å². The van der Waals surface area contributed by atoms with Crippen LogP contribution in [0.5, 0.6) is 0 Å². The molecule has 2 heterocycles. The van der Waals surface area contributed by atoms with Crippen LogP contribution in [0.3, 0.4) is 0 Å². The van der Waals surface area contributed by atoms with Crippen LogP contribution in [0.15, 0.2) is 58.0 Å². The van der Waals surface area contributed by atoms with Gasteiger partial charge >= 0.3 is 5.97 Å². The molecule has 0 aliphatic carbocycles. The Hall–Kier alpha value is -2.64. The predicted octanol–water partition coefficient (Wildman–Crippen LogP) is 4.18. The van der Waals surface area contributed by atoms with Crippen molar-refractivity contribution in [3.05, 3.63) is 64.8 Å². The zero-order chi connectivity index (χ0) is 21.0. The van der Waals surface area contributed by atoms with E-state index in [1.165, 1.54) is 6.07 Å². The van der Waals surface area contributed by atoms with E-state index in [-0.39, 0.29) is 11.4 Å². The summed E-state index contributed by atoms with van der Waals surface area (Å²) in [6, 6.07) is 12.0. The summed E-state index contributed by atoms with van der Waals surface area (Å²) in [7, 11) is -3.78. The maximum atomic E-state index is 12.5. The Balaban J connectivity index is 1.88. The van der Waals surface area contributed by atoms with Crippen molar-refractivity contribution in [1.82, 2.24) is 4.57 Å². The lowest BCUT2D eigenvalue weighted by Crippen LogP contribution is -2.26. The van der Waals surface area contributed by atoms with Crippen molar-refractivity contribution in [2.24, 2.45) is 4.40 Å². The van der Waals surface area contributed by atoms with Gasteiger partial charge < -0.3 is 9.30 Å². The van der Waals surface area contributed by atoms with Crippen LogP contribution in [0, 0.1) is 0 Å². The third-order valence-electron chi connectivity index (χ3n) is 4.46. The average Bonchev–Trinajstić information content (AvgIpc) is 3.10. The van der Waals surface area contributed by atoms with Crippen LogP contribution in [0.25, 0.3) is 10.9 Å². The van der Waals surface area contributed by atoms with Gasteiger partial charge in [-0.15, -0.1) is 0 Å². The fraction of sp³-hybridized carbons (Fsp3) is 0.238. The number of hydrogen-bond donors (Lipinski definition) is 0. The topological polar surface area (TPSA) is 77.7 Å². The first-order valence-corrected chi connectivity index (χ1v) is 10.8. The van der Waals surface area contributed by atoms with E-state index in [1.807, 2.05) is 6.07 Å². The lowest BCUT2D eigenvalue weighted by molar-refractivity contribution is -0.155. The second-order valence-corrected chi connectivity index (χ2v) is 9.78. The van der Waals surface area contributed by atoms with Gasteiger partial charge in [0.2, 0.25) is 0 Å². The number of carbonyl (C=O) groups excluding carboxylic acids is 1. The third-order valence-corrected chi connectivity index (χ3v) is 6.11. The van der Waals surface area contributed by atoms with E-state index < -0.39 is 21.6 Å². The van der Waals surface area contributed by atoms with Crippen LogP contribution < -0.4 is 0 Å². The van der Waals surface area contributed by atoms with Gasteiger partial charge in [-0.05, 0) is 39.0 Å². The van der Waals surface area contributed by atoms with Gasteiger partial charge in [0.05, 0.1) is 21.1 Å². The molecule has 150 valence electrons. The molecule has 2 aromatic carbocycles. The fourth-order valence-corrected chi connectivity index (χ4v) is 4.93. The Morgan fingerprint density at radius 1 is 1.10 bits per heavy atom. The van der Waals surface area contributed by atoms with Crippen LogP contribution in [0.4, 0.5) is 0 Å². The van der Waals surface area contributed by atoms with Crippen LogP contribution in [-0.2, 0) is 26.1 Å². The van der Waals surface area contributed by atoms with Crippen molar-refractivity contribution in [3.8, 4) is 0 Å². The second kappa shape index (κ2) is 6.71. The van der Waals surface area contributed by atoms with Gasteiger partial charge in [-0.25, -0.2) is 0 Å². The molecule has 3 aromatic rings. The average molecular weight is 431 g/mol. The van der Waals surface area contributed by atoms with Gasteiger partial charge in [0.1, 0.15) is 12.1 Å². The zero-order valence-corrected chi connectivity index (χ0v) is 17.7. The maximum Gasteiger partial charge on any atom is 0.326 e. The minimum absolute atomic E-state index is 0.0320. The SMILES string of the molecule is CC(C)(C)OC(=O)Cn1cc(C2=NS(=O)(=O)c3ccccc32)c2c(Cl)cccc21. The lowest BCUT2D eigenvalue weighted by Gasteiger charge is -2.19. The highest BCUT2D eigenvalue weighted by Crippen LogP contribution is 2.35. The molecule has 29 heavy (non-hydrogen) atoms. The molecule has 1 aromatic heterocycles. The van der Waals surface area contributed by atoms with Gasteiger partial charge in [0, 0.05) is 22.7 Å². The molecule has 4 rings (SSSR count). The number of carbonyl (C=O) groups is 1. The van der Waals surface area contributed by atoms with Crippen molar-refractivity contribution in [1.29, 1.82) is 0 Å². The number of rotatable bonds is 3. The zero-order valence-electron chi connectivity index (χ0n) is 16.1. The molecule has 0 amide bonds. The van der Waals surface area contributed by atoms with Crippen molar-refractivity contribution in [2.45, 2.75) is 37.8 Å². The molecule has 0 spiro atoms. The number of benzene rings is 2. The minimum atomic E-state index is -3.78. The Kier molecular flexibility index (Phi) is 4.55. The molecule has 0 radical (unpaired) electrons. The van der Waals surface area contributed by atoms with Gasteiger partial charge in [-0.1, -0.05) is 35.9 Å². The quantitative estimate of drug-likeness (QED) is 0.584. The lowest BCUT2D eigenvalue weighted by atomic mass is 10.0. The van der Waals surface area contributed by atoms with E-state index in [4.69, 9.17) is 16.3 Å². The van der Waals surface area contributed by atoms with Crippen LogP contribution in [-0.4, -0.2) is 30.3 Å². The van der Waals surface area contributed by atoms with E-state index in [9.17, 15) is 13.2 Å². The summed E-state index contributed by atoms with van der Waals surface area (Å²) in [5, 5.41) is 1.09. The number of nitrogens with zero attached hydrogens (tertiary/aromatic N) is 2. The molecule has 6 nitrogen and oxygen atoms in total. The molecular formula is C21H19ClN2O4S. The smallest absolute Gasteiger partial charge is 0.326 e. The van der Waals surface area contributed by atoms with Crippen molar-refractivity contribution in [3.63, 3.8) is 0 Å². The summed E-state index contributed by atoms with van der Waals surface area (Å²) in [6.07, 6.45) is 1.71. The number of aromatic nitrogens is 1.